The molecule has 22 nitrogen and oxygen atoms in total. The number of ether oxygens (including phenoxy) is 2. The van der Waals surface area contributed by atoms with Gasteiger partial charge in [-0.05, 0) is 130 Å². The largest absolute Gasteiger partial charge is 0.508 e. The van der Waals surface area contributed by atoms with E-state index in [1.54, 1.807) is 71.8 Å². The quantitative estimate of drug-likeness (QED) is 0.0287. The third kappa shape index (κ3) is 26.6. The molecule has 5 rings (SSSR count). The van der Waals surface area contributed by atoms with Crippen molar-refractivity contribution >= 4 is 70.2 Å². The Balaban J connectivity index is 1.17. The molecule has 7 amide bonds. The first-order valence-electron chi connectivity index (χ1n) is 35.5. The number of aromatic nitrogens is 1. The zero-order valence-corrected chi connectivity index (χ0v) is 60.5. The number of likely N-dealkylation sites (tertiary alicyclic amines) is 1. The van der Waals surface area contributed by atoms with Crippen molar-refractivity contribution < 1.29 is 62.5 Å². The summed E-state index contributed by atoms with van der Waals surface area (Å²) in [5.74, 6) is -3.45. The highest BCUT2D eigenvalue weighted by molar-refractivity contribution is 7.09. The van der Waals surface area contributed by atoms with Gasteiger partial charge in [-0.25, -0.2) is 14.6 Å². The van der Waals surface area contributed by atoms with Gasteiger partial charge in [-0.3, -0.25) is 43.3 Å². The molecule has 2 aliphatic heterocycles. The van der Waals surface area contributed by atoms with Gasteiger partial charge in [-0.2, -0.15) is 0 Å². The molecule has 0 aliphatic carbocycles. The lowest BCUT2D eigenvalue weighted by molar-refractivity contribution is -0.145. The zero-order chi connectivity index (χ0) is 72.0. The lowest BCUT2D eigenvalue weighted by Crippen LogP contribution is -2.50. The van der Waals surface area contributed by atoms with Crippen molar-refractivity contribution in [1.82, 2.24) is 41.0 Å². The fraction of sp³-hybridized carbons (Fsp3) is 0.613. The number of hydrogen-bond acceptors (Lipinski definition) is 16. The van der Waals surface area contributed by atoms with Crippen LogP contribution in [0.15, 0.2) is 78.3 Å². The van der Waals surface area contributed by atoms with Gasteiger partial charge in [0.2, 0.25) is 11.8 Å². The molecule has 3 aromatic rings. The number of primary amides is 1. The molecule has 0 saturated carbocycles. The number of alkyl carbamates (subject to hydrolysis) is 1. The van der Waals surface area contributed by atoms with E-state index in [0.29, 0.717) is 73.6 Å². The summed E-state index contributed by atoms with van der Waals surface area (Å²) in [6.07, 6.45) is 10.8. The van der Waals surface area contributed by atoms with E-state index >= 15 is 0 Å². The number of aromatic hydroxyl groups is 1. The first-order chi connectivity index (χ1) is 46.7. The Hall–Kier alpha value is -7.63. The van der Waals surface area contributed by atoms with Crippen molar-refractivity contribution in [3.8, 4) is 5.75 Å². The van der Waals surface area contributed by atoms with Gasteiger partial charge in [0.1, 0.15) is 34.9 Å². The van der Waals surface area contributed by atoms with Gasteiger partial charge in [0.15, 0.2) is 17.3 Å². The van der Waals surface area contributed by atoms with E-state index in [2.05, 4.69) is 67.4 Å². The zero-order valence-electron chi connectivity index (χ0n) is 59.7. The number of ketones is 4. The van der Waals surface area contributed by atoms with Crippen molar-refractivity contribution in [2.75, 3.05) is 46.4 Å². The van der Waals surface area contributed by atoms with Crippen LogP contribution in [0, 0.1) is 35.5 Å². The molecule has 1 aromatic heterocycles. The maximum Gasteiger partial charge on any atom is 0.407 e. The molecule has 9 atom stereocenters. The number of amides is 7. The molecule has 1 fully saturated rings. The third-order valence-electron chi connectivity index (χ3n) is 18.9. The van der Waals surface area contributed by atoms with E-state index in [-0.39, 0.29) is 134 Å². The molecule has 1 saturated heterocycles. The number of phenolic OH excluding ortho intramolecular Hbond substituents is 1. The number of rotatable bonds is 45. The number of allylic oxidation sites excluding steroid dienone is 1. The van der Waals surface area contributed by atoms with E-state index in [4.69, 9.17) is 20.2 Å². The SMILES string of the molecule is C=C1C=CC(=O)N1CCCCCC(=O)C[C@@H](C(=O)N[C@H](CCCNC(N)=O)C(=O)Cc1ccc(COC(=O)NCC(=O)[C@@H](C)C[C@H](Cc2ccc(O)cc2)NC(=O)c2csc([C@@H](C[C@H](C(C)C)N(CCC)C(=O)[C@@H](CC(=O)[C@H]3CCCCN3C)[C@@H](C)CC)OCCC)n2)cc1)C(C)C. The minimum absolute atomic E-state index is 0.00576. The van der Waals surface area contributed by atoms with Crippen LogP contribution in [0.1, 0.15) is 203 Å². The topological polar surface area (TPSA) is 306 Å². The number of phenols is 1. The van der Waals surface area contributed by atoms with Crippen molar-refractivity contribution in [1.29, 1.82) is 0 Å². The van der Waals surface area contributed by atoms with Gasteiger partial charge in [0.05, 0.1) is 18.6 Å². The minimum Gasteiger partial charge on any atom is -0.508 e. The summed E-state index contributed by atoms with van der Waals surface area (Å²) < 4.78 is 12.0. The summed E-state index contributed by atoms with van der Waals surface area (Å²) in [4.78, 5) is 145. The summed E-state index contributed by atoms with van der Waals surface area (Å²) >= 11 is 1.31. The van der Waals surface area contributed by atoms with Crippen molar-refractivity contribution in [2.45, 2.75) is 215 Å². The lowest BCUT2D eigenvalue weighted by atomic mass is 9.82. The van der Waals surface area contributed by atoms with Crippen molar-refractivity contribution in [3.05, 3.63) is 106 Å². The second-order valence-corrected chi connectivity index (χ2v) is 28.3. The Morgan fingerprint density at radius 1 is 0.806 bits per heavy atom. The highest BCUT2D eigenvalue weighted by Gasteiger charge is 2.39. The van der Waals surface area contributed by atoms with Crippen LogP contribution in [-0.2, 0) is 62.5 Å². The molecule has 7 N–H and O–H groups in total. The number of Topliss-reactive ketones (excluding diaryl/α,β-unsaturated/α-hetero) is 4. The minimum atomic E-state index is -0.931. The number of thiazole rings is 1. The number of nitrogens with one attached hydrogen (secondary N) is 4. The third-order valence-corrected chi connectivity index (χ3v) is 19.8. The molecule has 23 heteroatoms. The predicted octanol–water partition coefficient (Wildman–Crippen LogP) is 10.7. The van der Waals surface area contributed by atoms with E-state index < -0.39 is 59.9 Å². The highest BCUT2D eigenvalue weighted by Crippen LogP contribution is 2.34. The summed E-state index contributed by atoms with van der Waals surface area (Å²) in [6, 6.07) is 10.7. The number of piperidine rings is 1. The van der Waals surface area contributed by atoms with Gasteiger partial charge < -0.3 is 51.4 Å². The molecule has 3 heterocycles. The lowest BCUT2D eigenvalue weighted by Gasteiger charge is -2.40. The monoisotopic (exact) mass is 1380 g/mol. The molecule has 0 unspecified atom stereocenters. The Kier molecular flexibility index (Phi) is 34.5. The molecule has 2 aliphatic rings. The second kappa shape index (κ2) is 41.7. The standard InChI is InChI=1S/C75H111N9O13S/c1-12-35-84(73(93)60(50(8)14-3)43-66(88)63-23-17-19-36-82(63)11)64(49(6)7)44-68(96-38-13-2)72-81-62(47-98-72)71(92)79-56(40-53-29-31-57(85)32-30-53)39-51(9)67(89)45-78-75(95)97-46-55-27-25-54(26-28-55)41-65(87)61(22-20-34-77-74(76)94)80-70(91)59(48(4)5)42-58(86)21-16-15-18-37-83-52(10)24-33-69(83)90/h24-33,47-51,56,59-61,63-64,68,85H,10,12-23,34-46H2,1-9,11H3,(H,78,95)(H,79,92)(H,80,91)(H3,76,77,94)/t50-,51-,56+,59+,60-,61+,63+,64+,68+/m0/s1. The summed E-state index contributed by atoms with van der Waals surface area (Å²) in [6.45, 7) is 23.7. The first kappa shape index (κ1) is 81.0. The van der Waals surface area contributed by atoms with Gasteiger partial charge in [0.25, 0.3) is 11.8 Å². The van der Waals surface area contributed by atoms with Gasteiger partial charge in [-0.15, -0.1) is 11.3 Å². The molecule has 0 bridgehead atoms. The second-order valence-electron chi connectivity index (χ2n) is 27.4. The summed E-state index contributed by atoms with van der Waals surface area (Å²) in [5, 5.41) is 23.4. The molecular weight excluding hydrogens is 1270 g/mol. The highest BCUT2D eigenvalue weighted by atomic mass is 32.1. The predicted molar refractivity (Wildman–Crippen MR) is 380 cm³/mol. The average Bonchev–Trinajstić information content (AvgIpc) is 1.62. The number of urea groups is 1. The van der Waals surface area contributed by atoms with Gasteiger partial charge >= 0.3 is 12.1 Å². The van der Waals surface area contributed by atoms with Gasteiger partial charge in [0, 0.05) is 105 Å². The molecule has 98 heavy (non-hydrogen) atoms. The van der Waals surface area contributed by atoms with Crippen LogP contribution in [-0.4, -0.2) is 154 Å². The maximum absolute atomic E-state index is 15.0. The number of carbonyl (C=O) groups excluding carboxylic acids is 10. The number of benzene rings is 2. The van der Waals surface area contributed by atoms with E-state index in [0.717, 1.165) is 57.1 Å². The summed E-state index contributed by atoms with van der Waals surface area (Å²) in [5.41, 5.74) is 8.10. The summed E-state index contributed by atoms with van der Waals surface area (Å²) in [7, 11) is 2.00. The van der Waals surface area contributed by atoms with Crippen LogP contribution in [0.5, 0.6) is 5.75 Å². The van der Waals surface area contributed by atoms with Crippen LogP contribution in [0.4, 0.5) is 9.59 Å². The van der Waals surface area contributed by atoms with E-state index in [1.807, 2.05) is 32.7 Å². The van der Waals surface area contributed by atoms with Crippen LogP contribution in [0.3, 0.4) is 0 Å². The molecule has 2 aromatic carbocycles. The fourth-order valence-corrected chi connectivity index (χ4v) is 13.6. The Labute approximate surface area is 584 Å². The van der Waals surface area contributed by atoms with Gasteiger partial charge in [-0.1, -0.05) is 125 Å². The van der Waals surface area contributed by atoms with Crippen molar-refractivity contribution in [2.24, 2.45) is 41.2 Å². The Bertz CT molecular complexity index is 3130. The van der Waals surface area contributed by atoms with E-state index in [1.165, 1.54) is 17.4 Å². The number of nitrogens with two attached hydrogens (primary N) is 1. The van der Waals surface area contributed by atoms with Crippen LogP contribution in [0.2, 0.25) is 0 Å². The van der Waals surface area contributed by atoms with E-state index in [9.17, 15) is 53.1 Å². The Morgan fingerprint density at radius 2 is 1.51 bits per heavy atom. The fourth-order valence-electron chi connectivity index (χ4n) is 12.7. The number of likely N-dealkylation sites (N-methyl/N-ethyl adjacent to an activating group) is 1. The van der Waals surface area contributed by atoms with Crippen molar-refractivity contribution in [3.63, 3.8) is 0 Å². The normalized spacial score (nSPS) is 16.5. The maximum atomic E-state index is 15.0. The number of nitrogens with zero attached hydrogens (tertiary/aromatic N) is 4. The Morgan fingerprint density at radius 3 is 2.14 bits per heavy atom. The number of hydrogen-bond donors (Lipinski definition) is 6. The van der Waals surface area contributed by atoms with Crippen LogP contribution in [0.25, 0.3) is 0 Å². The smallest absolute Gasteiger partial charge is 0.407 e. The molecule has 0 radical (unpaired) electrons. The molecule has 540 valence electrons. The molecular formula is C75H111N9O13S. The van der Waals surface area contributed by atoms with Crippen LogP contribution >= 0.6 is 11.3 Å². The number of unbranched alkanes of at least 4 members (excludes halogenated alkanes) is 2. The average molecular weight is 1380 g/mol. The van der Waals surface area contributed by atoms with Crippen LogP contribution < -0.4 is 27.0 Å². The first-order valence-corrected chi connectivity index (χ1v) is 36.4. The molecule has 0 spiro atoms. The number of carbonyl (C=O) groups is 10.